The summed E-state index contributed by atoms with van der Waals surface area (Å²) in [6.07, 6.45) is 1.72. The molecule has 19 heavy (non-hydrogen) atoms. The van der Waals surface area contributed by atoms with Crippen LogP contribution in [0, 0.1) is 5.82 Å². The molecule has 0 aliphatic rings. The molecule has 0 bridgehead atoms. The molecule has 0 saturated heterocycles. The van der Waals surface area contributed by atoms with Gasteiger partial charge in [0.15, 0.2) is 0 Å². The van der Waals surface area contributed by atoms with Crippen LogP contribution >= 0.6 is 0 Å². The fourth-order valence-corrected chi connectivity index (χ4v) is 1.75. The highest BCUT2D eigenvalue weighted by Crippen LogP contribution is 2.14. The summed E-state index contributed by atoms with van der Waals surface area (Å²) in [5.41, 5.74) is 0.890. The molecule has 0 aliphatic carbocycles. The average molecular weight is 260 g/mol. The van der Waals surface area contributed by atoms with Crippen LogP contribution in [0.25, 0.3) is 0 Å². The molecule has 1 aromatic carbocycles. The first-order valence-corrected chi connectivity index (χ1v) is 6.02. The van der Waals surface area contributed by atoms with Gasteiger partial charge in [0, 0.05) is 33.9 Å². The second-order valence-corrected chi connectivity index (χ2v) is 4.60. The van der Waals surface area contributed by atoms with Gasteiger partial charge in [-0.1, -0.05) is 12.1 Å². The Balaban J connectivity index is 2.15. The van der Waals surface area contributed by atoms with Gasteiger partial charge < -0.3 is 9.80 Å². The van der Waals surface area contributed by atoms with Crippen molar-refractivity contribution in [1.82, 2.24) is 9.97 Å². The second-order valence-electron chi connectivity index (χ2n) is 4.60. The number of hydrogen-bond acceptors (Lipinski definition) is 4. The minimum atomic E-state index is -0.228. The van der Waals surface area contributed by atoms with Gasteiger partial charge in [-0.25, -0.2) is 9.37 Å². The van der Waals surface area contributed by atoms with E-state index in [4.69, 9.17) is 0 Å². The zero-order chi connectivity index (χ0) is 13.8. The highest BCUT2D eigenvalue weighted by Gasteiger charge is 2.07. The molecule has 2 rings (SSSR count). The fourth-order valence-electron chi connectivity index (χ4n) is 1.75. The van der Waals surface area contributed by atoms with Gasteiger partial charge in [-0.15, -0.1) is 0 Å². The smallest absolute Gasteiger partial charge is 0.227 e. The van der Waals surface area contributed by atoms with E-state index in [0.29, 0.717) is 12.5 Å². The van der Waals surface area contributed by atoms with E-state index in [9.17, 15) is 4.39 Å². The quantitative estimate of drug-likeness (QED) is 0.844. The lowest BCUT2D eigenvalue weighted by Gasteiger charge is -2.19. The summed E-state index contributed by atoms with van der Waals surface area (Å²) in [5.74, 6) is 1.24. The summed E-state index contributed by atoms with van der Waals surface area (Å²) in [7, 11) is 5.75. The van der Waals surface area contributed by atoms with Gasteiger partial charge >= 0.3 is 0 Å². The first-order chi connectivity index (χ1) is 9.06. The van der Waals surface area contributed by atoms with E-state index >= 15 is 0 Å². The van der Waals surface area contributed by atoms with Crippen LogP contribution in [0.15, 0.2) is 36.5 Å². The van der Waals surface area contributed by atoms with Crippen molar-refractivity contribution in [3.8, 4) is 0 Å². The van der Waals surface area contributed by atoms with E-state index in [2.05, 4.69) is 9.97 Å². The maximum Gasteiger partial charge on any atom is 0.227 e. The van der Waals surface area contributed by atoms with Crippen LogP contribution in [0.3, 0.4) is 0 Å². The molecule has 0 amide bonds. The van der Waals surface area contributed by atoms with Gasteiger partial charge in [0.2, 0.25) is 5.95 Å². The molecule has 100 valence electrons. The van der Waals surface area contributed by atoms with Crippen molar-refractivity contribution >= 4 is 11.8 Å². The first-order valence-electron chi connectivity index (χ1n) is 6.02. The molecule has 1 aromatic heterocycles. The van der Waals surface area contributed by atoms with E-state index in [1.165, 1.54) is 12.1 Å². The van der Waals surface area contributed by atoms with Crippen molar-refractivity contribution in [3.05, 3.63) is 47.9 Å². The lowest BCUT2D eigenvalue weighted by Crippen LogP contribution is -2.20. The van der Waals surface area contributed by atoms with Crippen LogP contribution in [0.1, 0.15) is 5.56 Å². The van der Waals surface area contributed by atoms with Crippen molar-refractivity contribution < 1.29 is 4.39 Å². The molecule has 0 atom stereocenters. The number of halogens is 1. The Kier molecular flexibility index (Phi) is 3.94. The van der Waals surface area contributed by atoms with Gasteiger partial charge in [0.25, 0.3) is 0 Å². The molecule has 2 aromatic rings. The molecule has 0 N–H and O–H groups in total. The first kappa shape index (κ1) is 13.3. The predicted molar refractivity (Wildman–Crippen MR) is 74.9 cm³/mol. The number of aromatic nitrogens is 2. The van der Waals surface area contributed by atoms with Crippen molar-refractivity contribution in [2.24, 2.45) is 0 Å². The number of nitrogens with zero attached hydrogens (tertiary/aromatic N) is 4. The summed E-state index contributed by atoms with van der Waals surface area (Å²) in [6, 6.07) is 8.39. The maximum absolute atomic E-state index is 13.1. The van der Waals surface area contributed by atoms with Crippen molar-refractivity contribution in [3.63, 3.8) is 0 Å². The Bertz CT molecular complexity index is 557. The fraction of sp³-hybridized carbons (Fsp3) is 0.286. The Morgan fingerprint density at radius 3 is 2.63 bits per heavy atom. The maximum atomic E-state index is 13.1. The lowest BCUT2D eigenvalue weighted by molar-refractivity contribution is 0.625. The molecule has 5 heteroatoms. The molecule has 1 heterocycles. The minimum absolute atomic E-state index is 0.228. The number of anilines is 2. The number of benzene rings is 1. The molecule has 0 fully saturated rings. The van der Waals surface area contributed by atoms with Crippen molar-refractivity contribution in [2.45, 2.75) is 6.54 Å². The Morgan fingerprint density at radius 2 is 1.95 bits per heavy atom. The third-order valence-electron chi connectivity index (χ3n) is 2.74. The van der Waals surface area contributed by atoms with Crippen molar-refractivity contribution in [1.29, 1.82) is 0 Å². The summed E-state index contributed by atoms with van der Waals surface area (Å²) in [4.78, 5) is 12.5. The summed E-state index contributed by atoms with van der Waals surface area (Å²) in [6.45, 7) is 0.564. The third-order valence-corrected chi connectivity index (χ3v) is 2.74. The molecular formula is C14H17FN4. The normalized spacial score (nSPS) is 10.3. The van der Waals surface area contributed by atoms with Gasteiger partial charge in [-0.3, -0.25) is 0 Å². The van der Waals surface area contributed by atoms with Crippen LogP contribution in [0.5, 0.6) is 0 Å². The highest BCUT2D eigenvalue weighted by molar-refractivity contribution is 5.42. The average Bonchev–Trinajstić information content (AvgIpc) is 2.39. The summed E-state index contributed by atoms with van der Waals surface area (Å²) < 4.78 is 13.1. The topological polar surface area (TPSA) is 32.3 Å². The Labute approximate surface area is 112 Å². The molecule has 0 spiro atoms. The van der Waals surface area contributed by atoms with E-state index in [0.717, 1.165) is 11.4 Å². The molecular weight excluding hydrogens is 243 g/mol. The van der Waals surface area contributed by atoms with E-state index < -0.39 is 0 Å². The van der Waals surface area contributed by atoms with Crippen LogP contribution in [-0.2, 0) is 6.54 Å². The largest absolute Gasteiger partial charge is 0.363 e. The zero-order valence-corrected chi connectivity index (χ0v) is 11.3. The standard InChI is InChI=1S/C14H17FN4/c1-18(2)13-7-8-16-14(17-13)19(3)10-11-5-4-6-12(15)9-11/h4-9H,10H2,1-3H3. The van der Waals surface area contributed by atoms with Gasteiger partial charge in [-0.05, 0) is 23.8 Å². The molecule has 0 saturated carbocycles. The van der Waals surface area contributed by atoms with E-state index in [1.54, 1.807) is 12.3 Å². The van der Waals surface area contributed by atoms with E-state index in [1.807, 2.05) is 43.1 Å². The van der Waals surface area contributed by atoms with Crippen LogP contribution in [-0.4, -0.2) is 31.1 Å². The molecule has 0 unspecified atom stereocenters. The van der Waals surface area contributed by atoms with Gasteiger partial charge in [0.1, 0.15) is 11.6 Å². The lowest BCUT2D eigenvalue weighted by atomic mass is 10.2. The summed E-state index contributed by atoms with van der Waals surface area (Å²) >= 11 is 0. The van der Waals surface area contributed by atoms with Crippen LogP contribution < -0.4 is 9.80 Å². The van der Waals surface area contributed by atoms with Crippen LogP contribution in [0.4, 0.5) is 16.2 Å². The SMILES string of the molecule is CN(C)c1ccnc(N(C)Cc2cccc(F)c2)n1. The second kappa shape index (κ2) is 5.65. The predicted octanol–water partition coefficient (Wildman–Crippen LogP) is 2.32. The third kappa shape index (κ3) is 3.40. The van der Waals surface area contributed by atoms with E-state index in [-0.39, 0.29) is 5.82 Å². The monoisotopic (exact) mass is 260 g/mol. The van der Waals surface area contributed by atoms with Crippen LogP contribution in [0.2, 0.25) is 0 Å². The number of hydrogen-bond donors (Lipinski definition) is 0. The molecule has 0 aliphatic heterocycles. The Morgan fingerprint density at radius 1 is 1.16 bits per heavy atom. The zero-order valence-electron chi connectivity index (χ0n) is 11.3. The summed E-state index contributed by atoms with van der Waals surface area (Å²) in [5, 5.41) is 0. The number of rotatable bonds is 4. The Hall–Kier alpha value is -2.17. The molecule has 4 nitrogen and oxygen atoms in total. The van der Waals surface area contributed by atoms with Gasteiger partial charge in [0.05, 0.1) is 0 Å². The minimum Gasteiger partial charge on any atom is -0.363 e. The van der Waals surface area contributed by atoms with Crippen molar-refractivity contribution in [2.75, 3.05) is 30.9 Å². The highest BCUT2D eigenvalue weighted by atomic mass is 19.1. The van der Waals surface area contributed by atoms with Gasteiger partial charge in [-0.2, -0.15) is 4.98 Å². The molecule has 0 radical (unpaired) electrons.